The smallest absolute Gasteiger partial charge is 0.313 e. The molecule has 0 saturated heterocycles. The Hall–Kier alpha value is -2.12. The first-order valence-electron chi connectivity index (χ1n) is 6.89. The third-order valence-corrected chi connectivity index (χ3v) is 5.30. The second-order valence-electron chi connectivity index (χ2n) is 5.18. The molecule has 118 valence electrons. The summed E-state index contributed by atoms with van der Waals surface area (Å²) in [6.45, 7) is 4.08. The number of thiophene rings is 1. The molecule has 2 aromatic heterocycles. The maximum absolute atomic E-state index is 12.4. The van der Waals surface area contributed by atoms with Gasteiger partial charge in [-0.15, -0.1) is 11.3 Å². The van der Waals surface area contributed by atoms with E-state index in [4.69, 9.17) is 5.11 Å². The Morgan fingerprint density at radius 1 is 1.35 bits per heavy atom. The molecule has 0 fully saturated rings. The highest BCUT2D eigenvalue weighted by Gasteiger charge is 2.14. The zero-order chi connectivity index (χ0) is 16.6. The number of hydrogen-bond acceptors (Lipinski definition) is 5. The summed E-state index contributed by atoms with van der Waals surface area (Å²) in [5.41, 5.74) is 3.97. The minimum atomic E-state index is -0.945. The number of aryl methyl sites for hydroxylation is 2. The summed E-state index contributed by atoms with van der Waals surface area (Å²) in [6, 6.07) is 6.09. The van der Waals surface area contributed by atoms with Gasteiger partial charge < -0.3 is 10.1 Å². The van der Waals surface area contributed by atoms with E-state index in [0.717, 1.165) is 22.9 Å². The van der Waals surface area contributed by atoms with E-state index in [1.807, 2.05) is 31.4 Å². The van der Waals surface area contributed by atoms with Gasteiger partial charge in [-0.05, 0) is 30.5 Å². The standard InChI is InChI=1S/C16H14N2O3S2/c1-8-3-4-10(5-9(8)2)11-6-22-15-13(11)14(21)17-16(18-15)23-7-12(19)20/h3-6H,7H2,1-2H3,(H,19,20)(H,17,18,21). The van der Waals surface area contributed by atoms with Crippen LogP contribution in [0.4, 0.5) is 0 Å². The number of H-pyrrole nitrogens is 1. The average Bonchev–Trinajstić information content (AvgIpc) is 2.92. The molecule has 0 bridgehead atoms. The summed E-state index contributed by atoms with van der Waals surface area (Å²) in [5.74, 6) is -1.08. The lowest BCUT2D eigenvalue weighted by atomic mass is 10.0. The van der Waals surface area contributed by atoms with Gasteiger partial charge in [-0.3, -0.25) is 9.59 Å². The van der Waals surface area contributed by atoms with E-state index in [9.17, 15) is 9.59 Å². The van der Waals surface area contributed by atoms with E-state index in [1.165, 1.54) is 22.5 Å². The van der Waals surface area contributed by atoms with Crippen LogP contribution in [0, 0.1) is 13.8 Å². The molecule has 2 N–H and O–H groups in total. The number of nitrogens with zero attached hydrogens (tertiary/aromatic N) is 1. The minimum Gasteiger partial charge on any atom is -0.481 e. The molecule has 3 rings (SSSR count). The Labute approximate surface area is 140 Å². The van der Waals surface area contributed by atoms with Crippen LogP contribution in [-0.4, -0.2) is 26.8 Å². The monoisotopic (exact) mass is 346 g/mol. The van der Waals surface area contributed by atoms with Crippen LogP contribution in [-0.2, 0) is 4.79 Å². The quantitative estimate of drug-likeness (QED) is 0.558. The number of hydrogen-bond donors (Lipinski definition) is 2. The third-order valence-electron chi connectivity index (χ3n) is 3.57. The molecule has 0 atom stereocenters. The van der Waals surface area contributed by atoms with Crippen molar-refractivity contribution in [1.82, 2.24) is 9.97 Å². The van der Waals surface area contributed by atoms with Crippen molar-refractivity contribution in [2.45, 2.75) is 19.0 Å². The minimum absolute atomic E-state index is 0.135. The van der Waals surface area contributed by atoms with Gasteiger partial charge in [0.2, 0.25) is 0 Å². The topological polar surface area (TPSA) is 83.0 Å². The number of carbonyl (C=O) groups is 1. The van der Waals surface area contributed by atoms with Gasteiger partial charge in [-0.25, -0.2) is 4.98 Å². The number of carboxylic acid groups (broad SMARTS) is 1. The first-order chi connectivity index (χ1) is 11.0. The summed E-state index contributed by atoms with van der Waals surface area (Å²) in [5, 5.41) is 11.5. The van der Waals surface area contributed by atoms with Crippen LogP contribution < -0.4 is 5.56 Å². The molecule has 5 nitrogen and oxygen atoms in total. The van der Waals surface area contributed by atoms with E-state index in [-0.39, 0.29) is 11.3 Å². The fourth-order valence-electron chi connectivity index (χ4n) is 2.25. The summed E-state index contributed by atoms with van der Waals surface area (Å²) in [7, 11) is 0. The first-order valence-corrected chi connectivity index (χ1v) is 8.76. The molecular formula is C16H14N2O3S2. The van der Waals surface area contributed by atoms with Crippen LogP contribution in [0.15, 0.2) is 33.5 Å². The number of aromatic nitrogens is 2. The van der Waals surface area contributed by atoms with Crippen LogP contribution in [0.5, 0.6) is 0 Å². The molecule has 0 saturated carbocycles. The van der Waals surface area contributed by atoms with Crippen molar-refractivity contribution >= 4 is 39.3 Å². The summed E-state index contributed by atoms with van der Waals surface area (Å²) in [4.78, 5) is 30.7. The van der Waals surface area contributed by atoms with E-state index in [1.54, 1.807) is 0 Å². The van der Waals surface area contributed by atoms with E-state index in [2.05, 4.69) is 16.0 Å². The van der Waals surface area contributed by atoms with Gasteiger partial charge in [-0.1, -0.05) is 30.0 Å². The third kappa shape index (κ3) is 3.16. The number of rotatable bonds is 4. The average molecular weight is 346 g/mol. The van der Waals surface area contributed by atoms with E-state index < -0.39 is 5.97 Å². The molecule has 0 spiro atoms. The van der Waals surface area contributed by atoms with Crippen LogP contribution in [0.3, 0.4) is 0 Å². The van der Waals surface area contributed by atoms with Gasteiger partial charge in [-0.2, -0.15) is 0 Å². The molecule has 0 amide bonds. The Bertz CT molecular complexity index is 960. The molecule has 0 unspecified atom stereocenters. The zero-order valence-electron chi connectivity index (χ0n) is 12.5. The Kier molecular flexibility index (Phi) is 4.23. The number of benzene rings is 1. The highest BCUT2D eigenvalue weighted by molar-refractivity contribution is 7.99. The number of aliphatic carboxylic acids is 1. The van der Waals surface area contributed by atoms with Crippen LogP contribution in [0.1, 0.15) is 11.1 Å². The van der Waals surface area contributed by atoms with Gasteiger partial charge in [0.15, 0.2) is 5.16 Å². The fraction of sp³-hybridized carbons (Fsp3) is 0.188. The maximum atomic E-state index is 12.4. The van der Waals surface area contributed by atoms with Crippen molar-refractivity contribution in [1.29, 1.82) is 0 Å². The molecule has 23 heavy (non-hydrogen) atoms. The number of aromatic amines is 1. The van der Waals surface area contributed by atoms with Gasteiger partial charge in [0.1, 0.15) is 4.83 Å². The van der Waals surface area contributed by atoms with Gasteiger partial charge in [0.25, 0.3) is 5.56 Å². The summed E-state index contributed by atoms with van der Waals surface area (Å²) < 4.78 is 0. The number of thioether (sulfide) groups is 1. The van der Waals surface area contributed by atoms with Crippen molar-refractivity contribution in [2.75, 3.05) is 5.75 Å². The molecule has 0 aliphatic heterocycles. The molecule has 0 radical (unpaired) electrons. The fourth-order valence-corrected chi connectivity index (χ4v) is 3.84. The molecule has 1 aromatic carbocycles. The Morgan fingerprint density at radius 3 is 2.83 bits per heavy atom. The molecule has 7 heteroatoms. The molecule has 2 heterocycles. The van der Waals surface area contributed by atoms with Crippen LogP contribution >= 0.6 is 23.1 Å². The summed E-state index contributed by atoms with van der Waals surface area (Å²) >= 11 is 2.40. The highest BCUT2D eigenvalue weighted by Crippen LogP contribution is 2.32. The largest absolute Gasteiger partial charge is 0.481 e. The van der Waals surface area contributed by atoms with Crippen LogP contribution in [0.25, 0.3) is 21.3 Å². The molecule has 0 aliphatic carbocycles. The van der Waals surface area contributed by atoms with Crippen LogP contribution in [0.2, 0.25) is 0 Å². The van der Waals surface area contributed by atoms with Crippen molar-refractivity contribution in [2.24, 2.45) is 0 Å². The van der Waals surface area contributed by atoms with Crippen molar-refractivity contribution in [3.63, 3.8) is 0 Å². The zero-order valence-corrected chi connectivity index (χ0v) is 14.2. The Morgan fingerprint density at radius 2 is 2.13 bits per heavy atom. The van der Waals surface area contributed by atoms with Gasteiger partial charge in [0, 0.05) is 10.9 Å². The second-order valence-corrected chi connectivity index (χ2v) is 7.00. The molecule has 0 aliphatic rings. The lowest BCUT2D eigenvalue weighted by Crippen LogP contribution is -2.09. The number of nitrogens with one attached hydrogen (secondary N) is 1. The van der Waals surface area contributed by atoms with Gasteiger partial charge in [0.05, 0.1) is 11.1 Å². The molecular weight excluding hydrogens is 332 g/mol. The van der Waals surface area contributed by atoms with Crippen molar-refractivity contribution < 1.29 is 9.90 Å². The summed E-state index contributed by atoms with van der Waals surface area (Å²) in [6.07, 6.45) is 0. The molecule has 3 aromatic rings. The van der Waals surface area contributed by atoms with E-state index >= 15 is 0 Å². The SMILES string of the molecule is Cc1ccc(-c2csc3nc(SCC(=O)O)[nH]c(=O)c23)cc1C. The van der Waals surface area contributed by atoms with Crippen molar-refractivity contribution in [3.05, 3.63) is 45.1 Å². The maximum Gasteiger partial charge on any atom is 0.313 e. The van der Waals surface area contributed by atoms with Gasteiger partial charge >= 0.3 is 5.97 Å². The normalized spacial score (nSPS) is 11.0. The Balaban J connectivity index is 2.08. The predicted octanol–water partition coefficient (Wildman–Crippen LogP) is 3.45. The predicted molar refractivity (Wildman–Crippen MR) is 93.5 cm³/mol. The van der Waals surface area contributed by atoms with Crippen molar-refractivity contribution in [3.8, 4) is 11.1 Å². The van der Waals surface area contributed by atoms with E-state index in [0.29, 0.717) is 15.4 Å². The number of carboxylic acids is 1. The second kappa shape index (κ2) is 6.17. The first kappa shape index (κ1) is 15.8. The highest BCUT2D eigenvalue weighted by atomic mass is 32.2. The lowest BCUT2D eigenvalue weighted by molar-refractivity contribution is -0.133. The number of fused-ring (bicyclic) bond motifs is 1. The lowest BCUT2D eigenvalue weighted by Gasteiger charge is -2.04.